The Labute approximate surface area is 192 Å². The molecule has 2 bridgehead atoms. The summed E-state index contributed by atoms with van der Waals surface area (Å²) < 4.78 is 7.51. The van der Waals surface area contributed by atoms with Crippen LogP contribution in [-0.4, -0.2) is 19.7 Å². The van der Waals surface area contributed by atoms with Crippen molar-refractivity contribution in [3.63, 3.8) is 0 Å². The van der Waals surface area contributed by atoms with Gasteiger partial charge in [0.25, 0.3) is 0 Å². The average molecular weight is 439 g/mol. The van der Waals surface area contributed by atoms with E-state index in [0.29, 0.717) is 12.5 Å². The number of aromatic nitrogens is 4. The van der Waals surface area contributed by atoms with Crippen molar-refractivity contribution in [2.75, 3.05) is 0 Å². The monoisotopic (exact) mass is 438 g/mol. The second-order valence-corrected chi connectivity index (χ2v) is 9.26. The Balaban J connectivity index is 1.30. The topological polar surface area (TPSA) is 72.8 Å². The molecule has 0 spiro atoms. The molecular formula is C27H26N4O2. The fourth-order valence-electron chi connectivity index (χ4n) is 6.04. The highest BCUT2D eigenvalue weighted by atomic mass is 16.5. The van der Waals surface area contributed by atoms with Gasteiger partial charge in [-0.1, -0.05) is 36.8 Å². The van der Waals surface area contributed by atoms with Gasteiger partial charge in [0.1, 0.15) is 18.7 Å². The van der Waals surface area contributed by atoms with Crippen LogP contribution in [-0.2, 0) is 12.0 Å². The largest absolute Gasteiger partial charge is 0.487 e. The molecular weight excluding hydrogens is 412 g/mol. The van der Waals surface area contributed by atoms with Gasteiger partial charge in [-0.2, -0.15) is 5.10 Å². The molecule has 6 rings (SSSR count). The van der Waals surface area contributed by atoms with Gasteiger partial charge >= 0.3 is 5.69 Å². The number of nitrogens with zero attached hydrogens (tertiary/aromatic N) is 3. The lowest BCUT2D eigenvalue weighted by atomic mass is 9.64. The van der Waals surface area contributed by atoms with Gasteiger partial charge < -0.3 is 4.74 Å². The first-order chi connectivity index (χ1) is 16.2. The first-order valence-corrected chi connectivity index (χ1v) is 11.6. The van der Waals surface area contributed by atoms with Crippen LogP contribution in [0.15, 0.2) is 84.0 Å². The average Bonchev–Trinajstić information content (AvgIpc) is 3.60. The minimum absolute atomic E-state index is 0.0162. The van der Waals surface area contributed by atoms with E-state index >= 15 is 0 Å². The van der Waals surface area contributed by atoms with Crippen LogP contribution in [0.4, 0.5) is 0 Å². The molecule has 0 saturated heterocycles. The summed E-state index contributed by atoms with van der Waals surface area (Å²) in [7, 11) is 0. The third-order valence-corrected chi connectivity index (χ3v) is 7.54. The summed E-state index contributed by atoms with van der Waals surface area (Å²) >= 11 is 0. The van der Waals surface area contributed by atoms with Crippen molar-refractivity contribution >= 4 is 0 Å². The van der Waals surface area contributed by atoms with Crippen molar-refractivity contribution in [2.24, 2.45) is 11.8 Å². The first kappa shape index (κ1) is 20.0. The number of hydrogen-bond donors (Lipinski definition) is 1. The maximum Gasteiger partial charge on any atom is 0.347 e. The standard InChI is InChI=1S/C27H26N4O2/c32-26-30-29-18-31(26)24-10-6-20(7-11-24)27(16-19-4-5-22(27)15-19)21-8-12-25(13-9-21)33-17-23-3-1-2-14-28-23/h1-3,6-14,18-19,22H,4-5,15-17H2,(H,30,32). The molecule has 2 aromatic heterocycles. The van der Waals surface area contributed by atoms with Gasteiger partial charge in [0.15, 0.2) is 0 Å². The van der Waals surface area contributed by atoms with Gasteiger partial charge in [-0.3, -0.25) is 4.98 Å². The SMILES string of the molecule is O=c1[nH]ncn1-c1ccc(C2(c3ccc(OCc4ccccn4)cc3)CC3CCC2C3)cc1. The van der Waals surface area contributed by atoms with Crippen LogP contribution in [0, 0.1) is 11.8 Å². The summed E-state index contributed by atoms with van der Waals surface area (Å²) in [5.41, 5.74) is 4.23. The second kappa shape index (κ2) is 8.03. The van der Waals surface area contributed by atoms with Crippen LogP contribution < -0.4 is 10.4 Å². The molecule has 0 radical (unpaired) electrons. The predicted octanol–water partition coefficient (Wildman–Crippen LogP) is 4.64. The van der Waals surface area contributed by atoms with E-state index in [2.05, 4.69) is 51.6 Å². The van der Waals surface area contributed by atoms with Gasteiger partial charge in [0.05, 0.1) is 11.4 Å². The van der Waals surface area contributed by atoms with Crippen molar-refractivity contribution in [1.82, 2.24) is 19.7 Å². The summed E-state index contributed by atoms with van der Waals surface area (Å²) in [4.78, 5) is 16.3. The normalized spacial score (nSPS) is 23.6. The lowest BCUT2D eigenvalue weighted by Gasteiger charge is -2.39. The quantitative estimate of drug-likeness (QED) is 0.476. The number of hydrogen-bond acceptors (Lipinski definition) is 4. The van der Waals surface area contributed by atoms with Crippen molar-refractivity contribution in [2.45, 2.75) is 37.7 Å². The minimum atomic E-state index is -0.223. The van der Waals surface area contributed by atoms with Crippen LogP contribution in [0.1, 0.15) is 42.5 Å². The molecule has 4 aromatic rings. The van der Waals surface area contributed by atoms with Gasteiger partial charge in [0.2, 0.25) is 0 Å². The number of fused-ring (bicyclic) bond motifs is 2. The van der Waals surface area contributed by atoms with Crippen LogP contribution in [0.25, 0.3) is 5.69 Å². The highest BCUT2D eigenvalue weighted by molar-refractivity contribution is 5.47. The van der Waals surface area contributed by atoms with Crippen LogP contribution in [0.5, 0.6) is 5.75 Å². The predicted molar refractivity (Wildman–Crippen MR) is 125 cm³/mol. The molecule has 2 aromatic carbocycles. The molecule has 0 amide bonds. The number of aromatic amines is 1. The van der Waals surface area contributed by atoms with E-state index < -0.39 is 0 Å². The number of rotatable bonds is 6. The summed E-state index contributed by atoms with van der Waals surface area (Å²) in [6.45, 7) is 0.463. The molecule has 2 aliphatic rings. The van der Waals surface area contributed by atoms with E-state index in [9.17, 15) is 4.79 Å². The Morgan fingerprint density at radius 3 is 2.39 bits per heavy atom. The number of benzene rings is 2. The van der Waals surface area contributed by atoms with Crippen LogP contribution >= 0.6 is 0 Å². The van der Waals surface area contributed by atoms with E-state index in [1.54, 1.807) is 6.20 Å². The highest BCUT2D eigenvalue weighted by Crippen LogP contribution is 2.60. The van der Waals surface area contributed by atoms with Crippen LogP contribution in [0.3, 0.4) is 0 Å². The number of nitrogens with one attached hydrogen (secondary N) is 1. The molecule has 6 heteroatoms. The molecule has 2 fully saturated rings. The van der Waals surface area contributed by atoms with E-state index in [0.717, 1.165) is 23.0 Å². The lowest BCUT2D eigenvalue weighted by Crippen LogP contribution is -2.34. The Morgan fingerprint density at radius 1 is 1.00 bits per heavy atom. The molecule has 2 heterocycles. The first-order valence-electron chi connectivity index (χ1n) is 11.6. The number of H-pyrrole nitrogens is 1. The number of pyridine rings is 1. The molecule has 3 atom stereocenters. The van der Waals surface area contributed by atoms with Gasteiger partial charge in [-0.15, -0.1) is 0 Å². The molecule has 33 heavy (non-hydrogen) atoms. The maximum atomic E-state index is 12.0. The smallest absolute Gasteiger partial charge is 0.347 e. The maximum absolute atomic E-state index is 12.0. The van der Waals surface area contributed by atoms with Gasteiger partial charge in [-0.05, 0) is 78.6 Å². The zero-order valence-corrected chi connectivity index (χ0v) is 18.4. The van der Waals surface area contributed by atoms with Gasteiger partial charge in [0, 0.05) is 11.6 Å². The van der Waals surface area contributed by atoms with Crippen LogP contribution in [0.2, 0.25) is 0 Å². The van der Waals surface area contributed by atoms with E-state index in [1.165, 1.54) is 47.7 Å². The Morgan fingerprint density at radius 2 is 1.79 bits per heavy atom. The Hall–Kier alpha value is -3.67. The summed E-state index contributed by atoms with van der Waals surface area (Å²) in [6.07, 6.45) is 8.38. The fourth-order valence-corrected chi connectivity index (χ4v) is 6.04. The molecule has 2 aliphatic carbocycles. The van der Waals surface area contributed by atoms with E-state index in [-0.39, 0.29) is 11.1 Å². The zero-order valence-electron chi connectivity index (χ0n) is 18.4. The van der Waals surface area contributed by atoms with Crippen molar-refractivity contribution in [3.8, 4) is 11.4 Å². The van der Waals surface area contributed by atoms with Crippen molar-refractivity contribution in [3.05, 3.63) is 107 Å². The third kappa shape index (κ3) is 3.46. The Kier molecular flexibility index (Phi) is 4.86. The molecule has 0 aliphatic heterocycles. The zero-order chi connectivity index (χ0) is 22.3. The highest BCUT2D eigenvalue weighted by Gasteiger charge is 2.52. The summed E-state index contributed by atoms with van der Waals surface area (Å²) in [5.74, 6) is 2.29. The molecule has 1 N–H and O–H groups in total. The van der Waals surface area contributed by atoms with Crippen molar-refractivity contribution in [1.29, 1.82) is 0 Å². The molecule has 2 saturated carbocycles. The minimum Gasteiger partial charge on any atom is -0.487 e. The Bertz CT molecular complexity index is 1290. The lowest BCUT2D eigenvalue weighted by molar-refractivity contribution is 0.299. The second-order valence-electron chi connectivity index (χ2n) is 9.26. The molecule has 3 unspecified atom stereocenters. The van der Waals surface area contributed by atoms with Crippen molar-refractivity contribution < 1.29 is 4.74 Å². The van der Waals surface area contributed by atoms with Gasteiger partial charge in [-0.25, -0.2) is 14.5 Å². The summed E-state index contributed by atoms with van der Waals surface area (Å²) in [5, 5.41) is 6.30. The fraction of sp³-hybridized carbons (Fsp3) is 0.296. The summed E-state index contributed by atoms with van der Waals surface area (Å²) in [6, 6.07) is 23.0. The molecule has 6 nitrogen and oxygen atoms in total. The molecule has 166 valence electrons. The third-order valence-electron chi connectivity index (χ3n) is 7.54. The van der Waals surface area contributed by atoms with E-state index in [4.69, 9.17) is 4.74 Å². The number of ether oxygens (including phenoxy) is 1. The van der Waals surface area contributed by atoms with E-state index in [1.807, 2.05) is 30.3 Å².